The van der Waals surface area contributed by atoms with Crippen LogP contribution in [0.2, 0.25) is 0 Å². The molecule has 1 N–H and O–H groups in total. The first-order valence-corrected chi connectivity index (χ1v) is 10.0. The fourth-order valence-electron chi connectivity index (χ4n) is 3.08. The Morgan fingerprint density at radius 2 is 1.63 bits per heavy atom. The number of nitrogens with one attached hydrogen (secondary N) is 1. The van der Waals surface area contributed by atoms with Crippen molar-refractivity contribution in [3.8, 4) is 0 Å². The van der Waals surface area contributed by atoms with Crippen LogP contribution in [-0.2, 0) is 14.8 Å². The van der Waals surface area contributed by atoms with E-state index < -0.39 is 21.7 Å². The average molecular weight is 394 g/mol. The molecule has 1 aliphatic heterocycles. The second-order valence-electron chi connectivity index (χ2n) is 6.58. The molecule has 2 aromatic carbocycles. The number of carbonyl (C=O) groups is 1. The van der Waals surface area contributed by atoms with Gasteiger partial charge in [0.15, 0.2) is 0 Å². The van der Waals surface area contributed by atoms with Crippen molar-refractivity contribution in [1.29, 1.82) is 0 Å². The van der Waals surface area contributed by atoms with Crippen molar-refractivity contribution in [2.75, 3.05) is 18.4 Å². The Morgan fingerprint density at radius 3 is 2.26 bits per heavy atom. The van der Waals surface area contributed by atoms with Crippen molar-refractivity contribution in [2.45, 2.75) is 24.7 Å². The van der Waals surface area contributed by atoms with E-state index in [4.69, 9.17) is 0 Å². The molecule has 0 radical (unpaired) electrons. The van der Waals surface area contributed by atoms with Gasteiger partial charge in [0.25, 0.3) is 0 Å². The first-order chi connectivity index (χ1) is 12.8. The Bertz CT molecular complexity index is 938. The van der Waals surface area contributed by atoms with Gasteiger partial charge in [-0.15, -0.1) is 0 Å². The van der Waals surface area contributed by atoms with Gasteiger partial charge in [-0.2, -0.15) is 4.31 Å². The van der Waals surface area contributed by atoms with Crippen LogP contribution in [0.3, 0.4) is 0 Å². The van der Waals surface area contributed by atoms with E-state index in [0.29, 0.717) is 18.5 Å². The zero-order valence-electron chi connectivity index (χ0n) is 14.8. The summed E-state index contributed by atoms with van der Waals surface area (Å²) in [5, 5.41) is 2.72. The molecule has 144 valence electrons. The molecular formula is C19H20F2N2O3S. The Balaban J connectivity index is 1.63. The number of hydrogen-bond donors (Lipinski definition) is 1. The van der Waals surface area contributed by atoms with Gasteiger partial charge in [-0.3, -0.25) is 4.79 Å². The molecule has 1 aliphatic rings. The van der Waals surface area contributed by atoms with Crippen LogP contribution in [0.4, 0.5) is 14.5 Å². The minimum Gasteiger partial charge on any atom is -0.326 e. The van der Waals surface area contributed by atoms with Crippen molar-refractivity contribution < 1.29 is 22.0 Å². The van der Waals surface area contributed by atoms with Gasteiger partial charge in [-0.05, 0) is 61.7 Å². The van der Waals surface area contributed by atoms with Crippen LogP contribution in [-0.4, -0.2) is 31.7 Å². The van der Waals surface area contributed by atoms with Crippen molar-refractivity contribution in [3.05, 3.63) is 59.7 Å². The van der Waals surface area contributed by atoms with Crippen LogP contribution in [0.1, 0.15) is 18.4 Å². The van der Waals surface area contributed by atoms with Gasteiger partial charge in [0, 0.05) is 24.7 Å². The predicted molar refractivity (Wildman–Crippen MR) is 97.6 cm³/mol. The lowest BCUT2D eigenvalue weighted by Crippen LogP contribution is -2.41. The third kappa shape index (κ3) is 4.33. The summed E-state index contributed by atoms with van der Waals surface area (Å²) >= 11 is 0. The molecule has 8 heteroatoms. The topological polar surface area (TPSA) is 66.5 Å². The number of aryl methyl sites for hydroxylation is 1. The number of halogens is 2. The summed E-state index contributed by atoms with van der Waals surface area (Å²) in [6.07, 6.45) is 0.723. The number of anilines is 1. The Kier molecular flexibility index (Phi) is 5.57. The first-order valence-electron chi connectivity index (χ1n) is 8.60. The van der Waals surface area contributed by atoms with E-state index in [9.17, 15) is 22.0 Å². The van der Waals surface area contributed by atoms with Crippen molar-refractivity contribution in [2.24, 2.45) is 5.92 Å². The molecule has 0 aliphatic carbocycles. The quantitative estimate of drug-likeness (QED) is 0.865. The van der Waals surface area contributed by atoms with E-state index >= 15 is 0 Å². The van der Waals surface area contributed by atoms with Crippen molar-refractivity contribution >= 4 is 21.6 Å². The number of piperidine rings is 1. The standard InChI is InChI=1S/C19H20F2N2O3S/c1-13-2-3-16(21)12-18(13)22-19(24)14-8-10-23(11-9-14)27(25,26)17-6-4-15(20)5-7-17/h2-7,12,14H,8-11H2,1H3,(H,22,24). The Morgan fingerprint density at radius 1 is 1.04 bits per heavy atom. The summed E-state index contributed by atoms with van der Waals surface area (Å²) in [6, 6.07) is 8.85. The molecule has 5 nitrogen and oxygen atoms in total. The lowest BCUT2D eigenvalue weighted by Gasteiger charge is -2.30. The molecule has 0 aromatic heterocycles. The van der Waals surface area contributed by atoms with Gasteiger partial charge in [0.1, 0.15) is 11.6 Å². The number of hydrogen-bond acceptors (Lipinski definition) is 3. The normalized spacial score (nSPS) is 16.3. The molecular weight excluding hydrogens is 374 g/mol. The number of benzene rings is 2. The molecule has 0 bridgehead atoms. The maximum Gasteiger partial charge on any atom is 0.243 e. The molecule has 0 saturated carbocycles. The van der Waals surface area contributed by atoms with Crippen LogP contribution in [0, 0.1) is 24.5 Å². The average Bonchev–Trinajstić information content (AvgIpc) is 2.65. The number of sulfonamides is 1. The first kappa shape index (κ1) is 19.4. The summed E-state index contributed by atoms with van der Waals surface area (Å²) in [5.41, 5.74) is 1.17. The highest BCUT2D eigenvalue weighted by Gasteiger charge is 2.32. The molecule has 2 aromatic rings. The van der Waals surface area contributed by atoms with E-state index in [0.717, 1.165) is 17.7 Å². The maximum atomic E-state index is 13.4. The summed E-state index contributed by atoms with van der Waals surface area (Å²) in [6.45, 7) is 2.16. The number of carbonyl (C=O) groups excluding carboxylic acids is 1. The molecule has 0 atom stereocenters. The smallest absolute Gasteiger partial charge is 0.243 e. The summed E-state index contributed by atoms with van der Waals surface area (Å²) in [4.78, 5) is 12.5. The molecule has 1 amide bonds. The lowest BCUT2D eigenvalue weighted by atomic mass is 9.97. The molecule has 1 fully saturated rings. The van der Waals surface area contributed by atoms with Gasteiger partial charge in [-0.25, -0.2) is 17.2 Å². The van der Waals surface area contributed by atoms with Crippen LogP contribution in [0.5, 0.6) is 0 Å². The molecule has 0 unspecified atom stereocenters. The summed E-state index contributed by atoms with van der Waals surface area (Å²) in [7, 11) is -3.71. The van der Waals surface area contributed by atoms with Crippen LogP contribution in [0.15, 0.2) is 47.4 Å². The largest absolute Gasteiger partial charge is 0.326 e. The second-order valence-corrected chi connectivity index (χ2v) is 8.52. The predicted octanol–water partition coefficient (Wildman–Crippen LogP) is 3.31. The van der Waals surface area contributed by atoms with Gasteiger partial charge in [0.2, 0.25) is 15.9 Å². The Hall–Kier alpha value is -2.32. The van der Waals surface area contributed by atoms with Crippen molar-refractivity contribution in [3.63, 3.8) is 0 Å². The van der Waals surface area contributed by atoms with Gasteiger partial charge >= 0.3 is 0 Å². The molecule has 1 heterocycles. The summed E-state index contributed by atoms with van der Waals surface area (Å²) in [5.74, 6) is -1.54. The van der Waals surface area contributed by atoms with Crippen LogP contribution in [0.25, 0.3) is 0 Å². The lowest BCUT2D eigenvalue weighted by molar-refractivity contribution is -0.120. The summed E-state index contributed by atoms with van der Waals surface area (Å²) < 4.78 is 52.9. The zero-order chi connectivity index (χ0) is 19.6. The van der Waals surface area contributed by atoms with E-state index in [-0.39, 0.29) is 29.8 Å². The molecule has 0 spiro atoms. The van der Waals surface area contributed by atoms with E-state index in [2.05, 4.69) is 5.32 Å². The van der Waals surface area contributed by atoms with E-state index in [1.54, 1.807) is 13.0 Å². The number of rotatable bonds is 4. The van der Waals surface area contributed by atoms with Gasteiger partial charge in [-0.1, -0.05) is 6.07 Å². The van der Waals surface area contributed by atoms with Gasteiger partial charge < -0.3 is 5.32 Å². The zero-order valence-corrected chi connectivity index (χ0v) is 15.6. The third-order valence-corrected chi connectivity index (χ3v) is 6.65. The molecule has 3 rings (SSSR count). The second kappa shape index (κ2) is 7.74. The molecule has 27 heavy (non-hydrogen) atoms. The minimum atomic E-state index is -3.71. The van der Waals surface area contributed by atoms with Crippen molar-refractivity contribution in [1.82, 2.24) is 4.31 Å². The monoisotopic (exact) mass is 394 g/mol. The van der Waals surface area contributed by atoms with E-state index in [1.165, 1.54) is 28.6 Å². The molecule has 1 saturated heterocycles. The maximum absolute atomic E-state index is 13.4. The number of amides is 1. The highest BCUT2D eigenvalue weighted by molar-refractivity contribution is 7.89. The minimum absolute atomic E-state index is 0.0298. The fourth-order valence-corrected chi connectivity index (χ4v) is 4.55. The number of nitrogens with zero attached hydrogens (tertiary/aromatic N) is 1. The van der Waals surface area contributed by atoms with Crippen LogP contribution < -0.4 is 5.32 Å². The van der Waals surface area contributed by atoms with Crippen LogP contribution >= 0.6 is 0 Å². The Labute approximate surface area is 157 Å². The highest BCUT2D eigenvalue weighted by atomic mass is 32.2. The third-order valence-electron chi connectivity index (χ3n) is 4.73. The highest BCUT2D eigenvalue weighted by Crippen LogP contribution is 2.26. The van der Waals surface area contributed by atoms with Gasteiger partial charge in [0.05, 0.1) is 4.90 Å². The fraction of sp³-hybridized carbons (Fsp3) is 0.316. The van der Waals surface area contributed by atoms with E-state index in [1.807, 2.05) is 0 Å². The SMILES string of the molecule is Cc1ccc(F)cc1NC(=O)C1CCN(S(=O)(=O)c2ccc(F)cc2)CC1.